The third kappa shape index (κ3) is 2.37. The zero-order valence-corrected chi connectivity index (χ0v) is 11.1. The molecule has 0 spiro atoms. The third-order valence-electron chi connectivity index (χ3n) is 2.86. The molecule has 1 aromatic heterocycles. The average Bonchev–Trinajstić information content (AvgIpc) is 2.93. The number of aromatic nitrogens is 2. The smallest absolute Gasteiger partial charge is 0.258 e. The Labute approximate surface area is 115 Å². The molecule has 94 valence electrons. The number of aryl methyl sites for hydroxylation is 1. The first-order chi connectivity index (χ1) is 9.24. The van der Waals surface area contributed by atoms with Crippen LogP contribution >= 0.6 is 11.6 Å². The molecule has 1 heterocycles. The van der Waals surface area contributed by atoms with Crippen molar-refractivity contribution in [2.75, 3.05) is 0 Å². The fourth-order valence-electron chi connectivity index (χ4n) is 1.82. The fourth-order valence-corrected chi connectivity index (χ4v) is 1.94. The van der Waals surface area contributed by atoms with E-state index in [-0.39, 0.29) is 0 Å². The maximum Gasteiger partial charge on any atom is 0.258 e. The van der Waals surface area contributed by atoms with E-state index in [1.54, 1.807) is 0 Å². The van der Waals surface area contributed by atoms with E-state index >= 15 is 0 Å². The molecule has 4 heteroatoms. The zero-order valence-electron chi connectivity index (χ0n) is 10.3. The quantitative estimate of drug-likeness (QED) is 0.694. The number of hydrogen-bond acceptors (Lipinski definition) is 3. The van der Waals surface area contributed by atoms with Crippen molar-refractivity contribution in [3.63, 3.8) is 0 Å². The minimum Gasteiger partial charge on any atom is -0.334 e. The van der Waals surface area contributed by atoms with Gasteiger partial charge in [0.05, 0.1) is 0 Å². The van der Waals surface area contributed by atoms with Crippen LogP contribution in [0.25, 0.3) is 22.8 Å². The molecule has 0 aliphatic carbocycles. The van der Waals surface area contributed by atoms with Gasteiger partial charge in [-0.05, 0) is 30.7 Å². The third-order valence-corrected chi connectivity index (χ3v) is 3.29. The van der Waals surface area contributed by atoms with Crippen molar-refractivity contribution in [3.8, 4) is 22.8 Å². The first kappa shape index (κ1) is 11.9. The number of rotatable bonds is 2. The van der Waals surface area contributed by atoms with Gasteiger partial charge in [-0.15, -0.1) is 0 Å². The molecule has 19 heavy (non-hydrogen) atoms. The van der Waals surface area contributed by atoms with Gasteiger partial charge in [0.15, 0.2) is 0 Å². The van der Waals surface area contributed by atoms with Crippen molar-refractivity contribution < 1.29 is 4.52 Å². The molecular weight excluding hydrogens is 260 g/mol. The largest absolute Gasteiger partial charge is 0.334 e. The molecule has 0 bridgehead atoms. The summed E-state index contributed by atoms with van der Waals surface area (Å²) < 4.78 is 5.30. The van der Waals surface area contributed by atoms with Crippen LogP contribution in [0.15, 0.2) is 53.1 Å². The SMILES string of the molecule is Cc1cc(-c2nc(-c3ccccc3)no2)ccc1Cl. The number of hydrogen-bond donors (Lipinski definition) is 0. The molecule has 0 atom stereocenters. The van der Waals surface area contributed by atoms with Crippen molar-refractivity contribution in [2.45, 2.75) is 6.92 Å². The summed E-state index contributed by atoms with van der Waals surface area (Å²) in [5.41, 5.74) is 2.79. The molecule has 0 aliphatic heterocycles. The Bertz CT molecular complexity index is 707. The Morgan fingerprint density at radius 2 is 1.79 bits per heavy atom. The molecule has 0 amide bonds. The van der Waals surface area contributed by atoms with Crippen molar-refractivity contribution in [2.24, 2.45) is 0 Å². The summed E-state index contributed by atoms with van der Waals surface area (Å²) in [6, 6.07) is 15.4. The zero-order chi connectivity index (χ0) is 13.2. The normalized spacial score (nSPS) is 10.6. The van der Waals surface area contributed by atoms with Gasteiger partial charge < -0.3 is 4.52 Å². The Kier molecular flexibility index (Phi) is 3.05. The van der Waals surface area contributed by atoms with Crippen LogP contribution in [0.5, 0.6) is 0 Å². The molecule has 0 unspecified atom stereocenters. The highest BCUT2D eigenvalue weighted by atomic mass is 35.5. The Balaban J connectivity index is 1.99. The fraction of sp³-hybridized carbons (Fsp3) is 0.0667. The summed E-state index contributed by atoms with van der Waals surface area (Å²) in [5, 5.41) is 4.72. The molecule has 3 nitrogen and oxygen atoms in total. The van der Waals surface area contributed by atoms with Crippen molar-refractivity contribution in [1.29, 1.82) is 0 Å². The highest BCUT2D eigenvalue weighted by molar-refractivity contribution is 6.31. The highest BCUT2D eigenvalue weighted by Gasteiger charge is 2.10. The van der Waals surface area contributed by atoms with Crippen LogP contribution in [0.1, 0.15) is 5.56 Å². The molecule has 0 saturated heterocycles. The lowest BCUT2D eigenvalue weighted by Crippen LogP contribution is -1.82. The van der Waals surface area contributed by atoms with Crippen LogP contribution in [-0.2, 0) is 0 Å². The molecule has 0 radical (unpaired) electrons. The minimum atomic E-state index is 0.499. The topological polar surface area (TPSA) is 38.9 Å². The second-order valence-electron chi connectivity index (χ2n) is 4.25. The molecule has 0 N–H and O–H groups in total. The summed E-state index contributed by atoms with van der Waals surface area (Å²) in [6.45, 7) is 1.94. The number of benzene rings is 2. The van der Waals surface area contributed by atoms with E-state index in [0.29, 0.717) is 11.7 Å². The molecular formula is C15H11ClN2O. The lowest BCUT2D eigenvalue weighted by Gasteiger charge is -1.98. The molecule has 0 aliphatic rings. The second kappa shape index (κ2) is 4.86. The molecule has 0 saturated carbocycles. The van der Waals surface area contributed by atoms with E-state index in [2.05, 4.69) is 10.1 Å². The summed E-state index contributed by atoms with van der Waals surface area (Å²) in [6.07, 6.45) is 0. The predicted octanol–water partition coefficient (Wildman–Crippen LogP) is 4.37. The van der Waals surface area contributed by atoms with Gasteiger partial charge in [0, 0.05) is 16.1 Å². The first-order valence-electron chi connectivity index (χ1n) is 5.90. The van der Waals surface area contributed by atoms with E-state index in [9.17, 15) is 0 Å². The maximum atomic E-state index is 6.00. The standard InChI is InChI=1S/C15H11ClN2O/c1-10-9-12(7-8-13(10)16)15-17-14(18-19-15)11-5-3-2-4-6-11/h2-9H,1H3. The average molecular weight is 271 g/mol. The van der Waals surface area contributed by atoms with E-state index < -0.39 is 0 Å². The number of halogens is 1. The van der Waals surface area contributed by atoms with Crippen molar-refractivity contribution in [3.05, 3.63) is 59.1 Å². The van der Waals surface area contributed by atoms with Crippen molar-refractivity contribution in [1.82, 2.24) is 10.1 Å². The van der Waals surface area contributed by atoms with Gasteiger partial charge in [0.2, 0.25) is 5.82 Å². The minimum absolute atomic E-state index is 0.499. The van der Waals surface area contributed by atoms with Gasteiger partial charge in [-0.1, -0.05) is 47.1 Å². The Morgan fingerprint density at radius 1 is 1.00 bits per heavy atom. The lowest BCUT2D eigenvalue weighted by molar-refractivity contribution is 0.432. The predicted molar refractivity (Wildman–Crippen MR) is 74.9 cm³/mol. The lowest BCUT2D eigenvalue weighted by atomic mass is 10.1. The van der Waals surface area contributed by atoms with Crippen LogP contribution < -0.4 is 0 Å². The van der Waals surface area contributed by atoms with Gasteiger partial charge in [-0.3, -0.25) is 0 Å². The monoisotopic (exact) mass is 270 g/mol. The molecule has 2 aromatic carbocycles. The highest BCUT2D eigenvalue weighted by Crippen LogP contribution is 2.25. The van der Waals surface area contributed by atoms with Crippen LogP contribution in [0, 0.1) is 6.92 Å². The molecule has 0 fully saturated rings. The van der Waals surface area contributed by atoms with E-state index in [4.69, 9.17) is 16.1 Å². The van der Waals surface area contributed by atoms with Crippen LogP contribution in [-0.4, -0.2) is 10.1 Å². The summed E-state index contributed by atoms with van der Waals surface area (Å²) in [4.78, 5) is 4.40. The summed E-state index contributed by atoms with van der Waals surface area (Å²) in [5.74, 6) is 1.09. The first-order valence-corrected chi connectivity index (χ1v) is 6.27. The molecule has 3 aromatic rings. The van der Waals surface area contributed by atoms with Gasteiger partial charge in [0.25, 0.3) is 5.89 Å². The van der Waals surface area contributed by atoms with Gasteiger partial charge >= 0.3 is 0 Å². The van der Waals surface area contributed by atoms with Gasteiger partial charge in [-0.2, -0.15) is 4.98 Å². The maximum absolute atomic E-state index is 6.00. The number of nitrogens with zero attached hydrogens (tertiary/aromatic N) is 2. The van der Waals surface area contributed by atoms with E-state index in [0.717, 1.165) is 21.7 Å². The Morgan fingerprint density at radius 3 is 2.53 bits per heavy atom. The van der Waals surface area contributed by atoms with Gasteiger partial charge in [-0.25, -0.2) is 0 Å². The van der Waals surface area contributed by atoms with Crippen molar-refractivity contribution >= 4 is 11.6 Å². The summed E-state index contributed by atoms with van der Waals surface area (Å²) >= 11 is 6.00. The van der Waals surface area contributed by atoms with Crippen LogP contribution in [0.3, 0.4) is 0 Å². The molecule has 3 rings (SSSR count). The van der Waals surface area contributed by atoms with Crippen LogP contribution in [0.4, 0.5) is 0 Å². The van der Waals surface area contributed by atoms with E-state index in [1.165, 1.54) is 0 Å². The van der Waals surface area contributed by atoms with E-state index in [1.807, 2.05) is 55.5 Å². The van der Waals surface area contributed by atoms with Crippen LogP contribution in [0.2, 0.25) is 5.02 Å². The second-order valence-corrected chi connectivity index (χ2v) is 4.66. The van der Waals surface area contributed by atoms with Gasteiger partial charge in [0.1, 0.15) is 0 Å². The summed E-state index contributed by atoms with van der Waals surface area (Å²) in [7, 11) is 0. The Hall–Kier alpha value is -2.13.